The molecule has 0 aromatic carbocycles. The van der Waals surface area contributed by atoms with Crippen LogP contribution < -0.4 is 5.48 Å². The van der Waals surface area contributed by atoms with Crippen molar-refractivity contribution in [1.82, 2.24) is 5.48 Å². The van der Waals surface area contributed by atoms with Crippen molar-refractivity contribution in [1.29, 1.82) is 0 Å². The minimum absolute atomic E-state index is 0.277. The molecule has 7 atom stereocenters. The number of carbonyl (C=O) groups is 2. The van der Waals surface area contributed by atoms with E-state index in [9.17, 15) is 14.8 Å². The maximum Gasteiger partial charge on any atom is 0.226 e. The van der Waals surface area contributed by atoms with Crippen LogP contribution in [0.25, 0.3) is 0 Å². The van der Waals surface area contributed by atoms with Gasteiger partial charge < -0.3 is 0 Å². The van der Waals surface area contributed by atoms with Crippen LogP contribution in [0, 0.1) is 46.3 Å². The molecule has 2 N–H and O–H groups in total. The Morgan fingerprint density at radius 2 is 1.77 bits per heavy atom. The summed E-state index contributed by atoms with van der Waals surface area (Å²) in [7, 11) is 0. The molecule has 0 amide bonds. The normalized spacial score (nSPS) is 41.1. The lowest BCUT2D eigenvalue weighted by atomic mass is 9.46. The van der Waals surface area contributed by atoms with Crippen LogP contribution >= 0.6 is 0 Å². The molecular weight excluding hydrogens is 386 g/mol. The number of fused-ring (bicyclic) bond motifs is 5. The number of Topliss-reactive ketones (excluding diaryl/α,β-unsaturated/α-hetero) is 2. The van der Waals surface area contributed by atoms with E-state index >= 15 is 0 Å². The summed E-state index contributed by atoms with van der Waals surface area (Å²) in [6.07, 6.45) is 10.8. The van der Waals surface area contributed by atoms with Crippen molar-refractivity contribution in [3.63, 3.8) is 0 Å². The van der Waals surface area contributed by atoms with Crippen molar-refractivity contribution in [3.8, 4) is 0 Å². The van der Waals surface area contributed by atoms with Gasteiger partial charge in [0.15, 0.2) is 0 Å². The highest BCUT2D eigenvalue weighted by atomic mass is 16.5. The van der Waals surface area contributed by atoms with Crippen molar-refractivity contribution >= 4 is 11.6 Å². The highest BCUT2D eigenvalue weighted by Gasteiger charge is 2.61. The number of hydroxylamine groups is 1. The van der Waals surface area contributed by atoms with Crippen LogP contribution in [-0.4, -0.2) is 16.8 Å². The molecule has 4 heteroatoms. The number of hydrogen-bond donors (Lipinski definition) is 2. The first-order valence-electron chi connectivity index (χ1n) is 12.8. The van der Waals surface area contributed by atoms with Gasteiger partial charge in [0, 0.05) is 23.1 Å². The highest BCUT2D eigenvalue weighted by Crippen LogP contribution is 2.67. The van der Waals surface area contributed by atoms with Crippen LogP contribution in [0.2, 0.25) is 0 Å². The third kappa shape index (κ3) is 3.61. The van der Waals surface area contributed by atoms with E-state index in [0.717, 1.165) is 37.0 Å². The monoisotopic (exact) mass is 429 g/mol. The van der Waals surface area contributed by atoms with Gasteiger partial charge in [0.25, 0.3) is 0 Å². The molecule has 4 aliphatic carbocycles. The zero-order valence-electron chi connectivity index (χ0n) is 20.3. The fourth-order valence-electron chi connectivity index (χ4n) is 8.69. The first kappa shape index (κ1) is 23.0. The van der Waals surface area contributed by atoms with Gasteiger partial charge in [0.2, 0.25) is 11.6 Å². The third-order valence-corrected chi connectivity index (χ3v) is 10.3. The Bertz CT molecular complexity index is 770. The van der Waals surface area contributed by atoms with E-state index in [1.165, 1.54) is 38.5 Å². The Morgan fingerprint density at radius 3 is 2.45 bits per heavy atom. The van der Waals surface area contributed by atoms with E-state index < -0.39 is 0 Å². The third-order valence-electron chi connectivity index (χ3n) is 10.3. The molecule has 0 aromatic heterocycles. The summed E-state index contributed by atoms with van der Waals surface area (Å²) in [5.74, 6) is 3.30. The molecule has 174 valence electrons. The van der Waals surface area contributed by atoms with Crippen LogP contribution in [0.4, 0.5) is 0 Å². The van der Waals surface area contributed by atoms with Gasteiger partial charge in [-0.05, 0) is 79.4 Å². The molecule has 3 fully saturated rings. The van der Waals surface area contributed by atoms with Gasteiger partial charge in [-0.3, -0.25) is 20.3 Å². The van der Waals surface area contributed by atoms with Gasteiger partial charge in [-0.2, -0.15) is 0 Å². The molecule has 31 heavy (non-hydrogen) atoms. The fourth-order valence-corrected chi connectivity index (χ4v) is 8.69. The van der Waals surface area contributed by atoms with E-state index in [1.807, 2.05) is 0 Å². The fraction of sp³-hybridized carbons (Fsp3) is 0.852. The number of allylic oxidation sites excluding steroid dienone is 2. The Balaban J connectivity index is 1.59. The second-order valence-electron chi connectivity index (χ2n) is 12.2. The molecule has 4 aliphatic rings. The van der Waals surface area contributed by atoms with Crippen LogP contribution in [0.15, 0.2) is 11.3 Å². The summed E-state index contributed by atoms with van der Waals surface area (Å²) in [5, 5.41) is 9.95. The van der Waals surface area contributed by atoms with Crippen molar-refractivity contribution < 1.29 is 14.8 Å². The van der Waals surface area contributed by atoms with E-state index in [2.05, 4.69) is 40.1 Å². The number of rotatable bonds is 6. The summed E-state index contributed by atoms with van der Waals surface area (Å²) >= 11 is 0. The van der Waals surface area contributed by atoms with Crippen LogP contribution in [0.5, 0.6) is 0 Å². The van der Waals surface area contributed by atoms with Gasteiger partial charge in [-0.15, -0.1) is 0 Å². The average molecular weight is 430 g/mol. The van der Waals surface area contributed by atoms with E-state index in [-0.39, 0.29) is 17.0 Å². The Hall–Kier alpha value is -1.16. The predicted octanol–water partition coefficient (Wildman–Crippen LogP) is 6.08. The number of carbonyl (C=O) groups excluding carboxylic acids is 2. The molecule has 4 nitrogen and oxygen atoms in total. The van der Waals surface area contributed by atoms with Crippen molar-refractivity contribution in [3.05, 3.63) is 11.3 Å². The zero-order valence-corrected chi connectivity index (χ0v) is 20.3. The van der Waals surface area contributed by atoms with Crippen LogP contribution in [-0.2, 0) is 9.59 Å². The molecule has 0 heterocycles. The summed E-state index contributed by atoms with van der Waals surface area (Å²) in [5.41, 5.74) is 3.71. The van der Waals surface area contributed by atoms with E-state index in [1.54, 1.807) is 0 Å². The largest absolute Gasteiger partial charge is 0.291 e. The molecule has 0 aliphatic heterocycles. The molecule has 0 saturated heterocycles. The molecule has 3 saturated carbocycles. The zero-order chi connectivity index (χ0) is 22.6. The summed E-state index contributed by atoms with van der Waals surface area (Å²) in [4.78, 5) is 25.0. The minimum Gasteiger partial charge on any atom is -0.291 e. The van der Waals surface area contributed by atoms with Crippen molar-refractivity contribution in [2.75, 3.05) is 0 Å². The first-order chi connectivity index (χ1) is 14.6. The van der Waals surface area contributed by atoms with Crippen LogP contribution in [0.3, 0.4) is 0 Å². The van der Waals surface area contributed by atoms with Gasteiger partial charge in [0.05, 0.1) is 0 Å². The SMILES string of the molecule is CC(C)CCC[C@@H](C)[C@H]1CC[C@H]2[C@@H]3CC(NO)=C4C(=O)C(=O)CC[C@]4(C)[C@H]3CC[C@]12C. The number of hydrogen-bond acceptors (Lipinski definition) is 4. The lowest BCUT2D eigenvalue weighted by Gasteiger charge is -2.58. The molecule has 4 rings (SSSR count). The van der Waals surface area contributed by atoms with Gasteiger partial charge in [0.1, 0.15) is 0 Å². The maximum atomic E-state index is 12.8. The minimum atomic E-state index is -0.347. The summed E-state index contributed by atoms with van der Waals surface area (Å²) in [6.45, 7) is 11.9. The lowest BCUT2D eigenvalue weighted by Crippen LogP contribution is -2.54. The molecule has 0 radical (unpaired) electrons. The highest BCUT2D eigenvalue weighted by molar-refractivity contribution is 6.44. The summed E-state index contributed by atoms with van der Waals surface area (Å²) in [6, 6.07) is 0. The molecule has 0 unspecified atom stereocenters. The molecule has 0 spiro atoms. The smallest absolute Gasteiger partial charge is 0.226 e. The number of nitrogens with one attached hydrogen (secondary N) is 1. The second-order valence-corrected chi connectivity index (χ2v) is 12.2. The van der Waals surface area contributed by atoms with Crippen LogP contribution in [0.1, 0.15) is 98.8 Å². The predicted molar refractivity (Wildman–Crippen MR) is 122 cm³/mol. The van der Waals surface area contributed by atoms with Gasteiger partial charge in [-0.1, -0.05) is 53.9 Å². The molecule has 0 aromatic rings. The molecule has 0 bridgehead atoms. The Labute approximate surface area is 188 Å². The number of ketones is 2. The maximum absolute atomic E-state index is 12.8. The quantitative estimate of drug-likeness (QED) is 0.396. The Morgan fingerprint density at radius 1 is 1.03 bits per heavy atom. The topological polar surface area (TPSA) is 66.4 Å². The van der Waals surface area contributed by atoms with Gasteiger partial charge in [-0.25, -0.2) is 0 Å². The van der Waals surface area contributed by atoms with E-state index in [4.69, 9.17) is 0 Å². The lowest BCUT2D eigenvalue weighted by molar-refractivity contribution is -0.140. The standard InChI is InChI=1S/C27H43NO3/c1-16(2)7-6-8-17(3)19-9-10-20-18-15-22(28-31)24-25(30)23(29)12-14-27(24,5)21(18)11-13-26(19,20)4/h16-21,28,31H,6-15H2,1-5H3/t17-,18+,19-,20+,21+,26-,27-/m1/s1. The average Bonchev–Trinajstić information content (AvgIpc) is 3.07. The second kappa shape index (κ2) is 8.32. The van der Waals surface area contributed by atoms with Crippen molar-refractivity contribution in [2.24, 2.45) is 46.3 Å². The van der Waals surface area contributed by atoms with E-state index in [0.29, 0.717) is 40.9 Å². The van der Waals surface area contributed by atoms with Crippen molar-refractivity contribution in [2.45, 2.75) is 98.8 Å². The summed E-state index contributed by atoms with van der Waals surface area (Å²) < 4.78 is 0. The van der Waals surface area contributed by atoms with Gasteiger partial charge >= 0.3 is 0 Å². The molecular formula is C27H43NO3. The first-order valence-corrected chi connectivity index (χ1v) is 12.8. The Kier molecular flexibility index (Phi) is 6.17.